The van der Waals surface area contributed by atoms with Crippen LogP contribution in [0.15, 0.2) is 24.3 Å². The molecule has 0 aliphatic carbocycles. The van der Waals surface area contributed by atoms with Crippen molar-refractivity contribution in [3.8, 4) is 22.8 Å². The molecule has 6 heteroatoms. The molecule has 2 heterocycles. The van der Waals surface area contributed by atoms with Gasteiger partial charge in [0.15, 0.2) is 17.2 Å². The topological polar surface area (TPSA) is 73.4 Å². The lowest BCUT2D eigenvalue weighted by Gasteiger charge is -1.99. The van der Waals surface area contributed by atoms with Crippen LogP contribution in [0.4, 0.5) is 0 Å². The van der Waals surface area contributed by atoms with E-state index in [9.17, 15) is 4.79 Å². The van der Waals surface area contributed by atoms with E-state index in [0.29, 0.717) is 17.2 Å². The molecule has 0 amide bonds. The normalized spacial score (nSPS) is 12.5. The van der Waals surface area contributed by atoms with Gasteiger partial charge in [0, 0.05) is 5.56 Å². The number of esters is 1. The zero-order chi connectivity index (χ0) is 12.5. The maximum atomic E-state index is 11.3. The van der Waals surface area contributed by atoms with Gasteiger partial charge >= 0.3 is 5.97 Å². The zero-order valence-electron chi connectivity index (χ0n) is 9.60. The first-order valence-corrected chi connectivity index (χ1v) is 5.31. The number of hydrogen-bond donors (Lipinski definition) is 1. The number of nitrogens with zero attached hydrogens (tertiary/aromatic N) is 1. The Kier molecular flexibility index (Phi) is 2.40. The first-order valence-electron chi connectivity index (χ1n) is 5.31. The summed E-state index contributed by atoms with van der Waals surface area (Å²) >= 11 is 0. The first kappa shape index (κ1) is 10.6. The molecule has 0 unspecified atom stereocenters. The van der Waals surface area contributed by atoms with Crippen molar-refractivity contribution in [1.82, 2.24) is 10.2 Å². The van der Waals surface area contributed by atoms with E-state index in [1.54, 1.807) is 6.07 Å². The third kappa shape index (κ3) is 1.67. The number of H-pyrrole nitrogens is 1. The largest absolute Gasteiger partial charge is 0.464 e. The van der Waals surface area contributed by atoms with Crippen LogP contribution in [0.1, 0.15) is 10.5 Å². The molecule has 1 N–H and O–H groups in total. The predicted molar refractivity (Wildman–Crippen MR) is 61.5 cm³/mol. The van der Waals surface area contributed by atoms with Crippen LogP contribution in [0.5, 0.6) is 11.5 Å². The standard InChI is InChI=1S/C12H10N2O4/c1-16-12(15)9-5-8(13-14-9)7-2-3-10-11(4-7)18-6-17-10/h2-5H,6H2,1H3,(H,13,14). The number of ether oxygens (including phenoxy) is 3. The van der Waals surface area contributed by atoms with Crippen molar-refractivity contribution in [2.75, 3.05) is 13.9 Å². The van der Waals surface area contributed by atoms with E-state index in [-0.39, 0.29) is 12.5 Å². The smallest absolute Gasteiger partial charge is 0.358 e. The number of benzene rings is 1. The van der Waals surface area contributed by atoms with E-state index >= 15 is 0 Å². The quantitative estimate of drug-likeness (QED) is 0.814. The minimum Gasteiger partial charge on any atom is -0.464 e. The van der Waals surface area contributed by atoms with Gasteiger partial charge in [-0.1, -0.05) is 0 Å². The average Bonchev–Trinajstić information content (AvgIpc) is 3.05. The number of fused-ring (bicyclic) bond motifs is 1. The molecule has 0 fully saturated rings. The van der Waals surface area contributed by atoms with Crippen LogP contribution in [-0.4, -0.2) is 30.1 Å². The number of aromatic amines is 1. The molecule has 1 aliphatic heterocycles. The molecule has 3 rings (SSSR count). The van der Waals surface area contributed by atoms with Crippen molar-refractivity contribution in [2.24, 2.45) is 0 Å². The Morgan fingerprint density at radius 2 is 2.17 bits per heavy atom. The third-order valence-electron chi connectivity index (χ3n) is 2.66. The van der Waals surface area contributed by atoms with Crippen molar-refractivity contribution in [1.29, 1.82) is 0 Å². The van der Waals surface area contributed by atoms with Gasteiger partial charge in [0.2, 0.25) is 6.79 Å². The molecule has 0 radical (unpaired) electrons. The fraction of sp³-hybridized carbons (Fsp3) is 0.167. The predicted octanol–water partition coefficient (Wildman–Crippen LogP) is 1.59. The van der Waals surface area contributed by atoms with E-state index in [4.69, 9.17) is 9.47 Å². The summed E-state index contributed by atoms with van der Waals surface area (Å²) in [6.07, 6.45) is 0. The number of rotatable bonds is 2. The highest BCUT2D eigenvalue weighted by molar-refractivity contribution is 5.88. The van der Waals surface area contributed by atoms with Gasteiger partial charge in [0.05, 0.1) is 12.8 Å². The zero-order valence-corrected chi connectivity index (χ0v) is 9.60. The Morgan fingerprint density at radius 3 is 3.00 bits per heavy atom. The average molecular weight is 246 g/mol. The lowest BCUT2D eigenvalue weighted by molar-refractivity contribution is 0.0594. The summed E-state index contributed by atoms with van der Waals surface area (Å²) in [4.78, 5) is 11.3. The van der Waals surface area contributed by atoms with Crippen molar-refractivity contribution in [3.05, 3.63) is 30.0 Å². The maximum Gasteiger partial charge on any atom is 0.358 e. The molecule has 0 saturated carbocycles. The number of methoxy groups -OCH3 is 1. The molecule has 1 aromatic heterocycles. The minimum atomic E-state index is -0.474. The van der Waals surface area contributed by atoms with Crippen LogP contribution in [0.25, 0.3) is 11.3 Å². The summed E-state index contributed by atoms with van der Waals surface area (Å²) in [5.74, 6) is 0.923. The fourth-order valence-electron chi connectivity index (χ4n) is 1.74. The summed E-state index contributed by atoms with van der Waals surface area (Å²) in [7, 11) is 1.32. The van der Waals surface area contributed by atoms with Gasteiger partial charge in [-0.25, -0.2) is 4.79 Å². The lowest BCUT2D eigenvalue weighted by Crippen LogP contribution is -2.00. The van der Waals surface area contributed by atoms with Gasteiger partial charge < -0.3 is 14.2 Å². The van der Waals surface area contributed by atoms with E-state index in [1.807, 2.05) is 18.2 Å². The molecule has 6 nitrogen and oxygen atoms in total. The summed E-state index contributed by atoms with van der Waals surface area (Å²) in [6, 6.07) is 7.14. The van der Waals surface area contributed by atoms with E-state index < -0.39 is 5.97 Å². The molecular formula is C12H10N2O4. The number of carbonyl (C=O) groups excluding carboxylic acids is 1. The Hall–Kier alpha value is -2.50. The molecule has 0 spiro atoms. The summed E-state index contributed by atoms with van der Waals surface area (Å²) in [5, 5.41) is 6.67. The number of hydrogen-bond acceptors (Lipinski definition) is 5. The second-order valence-corrected chi connectivity index (χ2v) is 3.73. The van der Waals surface area contributed by atoms with Crippen LogP contribution >= 0.6 is 0 Å². The van der Waals surface area contributed by atoms with Gasteiger partial charge in [0.1, 0.15) is 0 Å². The van der Waals surface area contributed by atoms with E-state index in [2.05, 4.69) is 14.9 Å². The third-order valence-corrected chi connectivity index (χ3v) is 2.66. The molecular weight excluding hydrogens is 236 g/mol. The number of carbonyl (C=O) groups is 1. The van der Waals surface area contributed by atoms with E-state index in [1.165, 1.54) is 7.11 Å². The molecule has 0 atom stereocenters. The fourth-order valence-corrected chi connectivity index (χ4v) is 1.74. The number of aromatic nitrogens is 2. The SMILES string of the molecule is COC(=O)c1cc(-c2ccc3c(c2)OCO3)[nH]n1. The Morgan fingerprint density at radius 1 is 1.33 bits per heavy atom. The Balaban J connectivity index is 1.95. The van der Waals surface area contributed by atoms with Crippen LogP contribution in [-0.2, 0) is 4.74 Å². The molecule has 92 valence electrons. The van der Waals surface area contributed by atoms with Gasteiger partial charge in [0.25, 0.3) is 0 Å². The summed E-state index contributed by atoms with van der Waals surface area (Å²) in [6.45, 7) is 0.231. The highest BCUT2D eigenvalue weighted by Gasteiger charge is 2.16. The molecule has 1 aliphatic rings. The van der Waals surface area contributed by atoms with Crippen LogP contribution in [0, 0.1) is 0 Å². The summed E-state index contributed by atoms with van der Waals surface area (Å²) in [5.41, 5.74) is 1.82. The lowest BCUT2D eigenvalue weighted by atomic mass is 10.1. The minimum absolute atomic E-state index is 0.231. The molecule has 18 heavy (non-hydrogen) atoms. The summed E-state index contributed by atoms with van der Waals surface area (Å²) < 4.78 is 15.1. The van der Waals surface area contributed by atoms with Crippen LogP contribution in [0.2, 0.25) is 0 Å². The Bertz CT molecular complexity index is 606. The van der Waals surface area contributed by atoms with Crippen molar-refractivity contribution < 1.29 is 19.0 Å². The van der Waals surface area contributed by atoms with Crippen molar-refractivity contribution in [3.63, 3.8) is 0 Å². The first-order chi connectivity index (χ1) is 8.78. The second-order valence-electron chi connectivity index (χ2n) is 3.73. The molecule has 0 saturated heterocycles. The van der Waals surface area contributed by atoms with Crippen LogP contribution < -0.4 is 9.47 Å². The Labute approximate surface area is 102 Å². The van der Waals surface area contributed by atoms with Gasteiger partial charge in [-0.3, -0.25) is 5.10 Å². The van der Waals surface area contributed by atoms with Gasteiger partial charge in [-0.05, 0) is 24.3 Å². The highest BCUT2D eigenvalue weighted by Crippen LogP contribution is 2.35. The van der Waals surface area contributed by atoms with E-state index in [0.717, 1.165) is 5.56 Å². The second kappa shape index (κ2) is 4.06. The van der Waals surface area contributed by atoms with Crippen molar-refractivity contribution >= 4 is 5.97 Å². The molecule has 2 aromatic rings. The highest BCUT2D eigenvalue weighted by atomic mass is 16.7. The monoisotopic (exact) mass is 246 g/mol. The number of nitrogens with one attached hydrogen (secondary N) is 1. The van der Waals surface area contributed by atoms with Crippen LogP contribution in [0.3, 0.4) is 0 Å². The molecule has 1 aromatic carbocycles. The van der Waals surface area contributed by atoms with Gasteiger partial charge in [-0.2, -0.15) is 5.10 Å². The molecule has 0 bridgehead atoms. The van der Waals surface area contributed by atoms with Crippen molar-refractivity contribution in [2.45, 2.75) is 0 Å². The van der Waals surface area contributed by atoms with Gasteiger partial charge in [-0.15, -0.1) is 0 Å². The maximum absolute atomic E-state index is 11.3.